The van der Waals surface area contributed by atoms with Crippen LogP contribution in [0.5, 0.6) is 0 Å². The molecule has 0 aliphatic carbocycles. The number of nitrogens with one attached hydrogen (secondary N) is 1. The van der Waals surface area contributed by atoms with Crippen LogP contribution < -0.4 is 5.32 Å². The first kappa shape index (κ1) is 14.9. The summed E-state index contributed by atoms with van der Waals surface area (Å²) in [6, 6.07) is 7.82. The molecular formula is C16H24N2O2. The second-order valence-corrected chi connectivity index (χ2v) is 5.43. The van der Waals surface area contributed by atoms with Crippen molar-refractivity contribution in [2.75, 3.05) is 25.5 Å². The molecule has 4 heteroatoms. The molecule has 2 rings (SSSR count). The molecule has 1 N–H and O–H groups in total. The normalized spacial score (nSPS) is 18.9. The van der Waals surface area contributed by atoms with Crippen LogP contribution in [0.3, 0.4) is 0 Å². The zero-order valence-corrected chi connectivity index (χ0v) is 12.4. The van der Waals surface area contributed by atoms with E-state index in [0.717, 1.165) is 37.2 Å². The van der Waals surface area contributed by atoms with E-state index in [4.69, 9.17) is 4.74 Å². The molecule has 0 spiro atoms. The molecule has 1 fully saturated rings. The number of benzene rings is 1. The summed E-state index contributed by atoms with van der Waals surface area (Å²) in [5, 5.41) is 2.99. The monoisotopic (exact) mass is 276 g/mol. The van der Waals surface area contributed by atoms with Crippen molar-refractivity contribution in [1.82, 2.24) is 4.90 Å². The van der Waals surface area contributed by atoms with E-state index in [1.54, 1.807) is 7.11 Å². The number of urea groups is 1. The number of nitrogens with zero attached hydrogens (tertiary/aromatic N) is 1. The molecule has 1 aromatic carbocycles. The van der Waals surface area contributed by atoms with Crippen molar-refractivity contribution in [2.45, 2.75) is 32.8 Å². The van der Waals surface area contributed by atoms with Crippen LogP contribution in [0.1, 0.15) is 31.7 Å². The second kappa shape index (κ2) is 7.29. The Morgan fingerprint density at radius 2 is 2.35 bits per heavy atom. The highest BCUT2D eigenvalue weighted by atomic mass is 16.5. The van der Waals surface area contributed by atoms with Gasteiger partial charge in [0, 0.05) is 25.9 Å². The van der Waals surface area contributed by atoms with Crippen LogP contribution in [0.2, 0.25) is 0 Å². The fourth-order valence-corrected chi connectivity index (χ4v) is 2.69. The van der Waals surface area contributed by atoms with E-state index in [0.29, 0.717) is 12.5 Å². The Morgan fingerprint density at radius 1 is 1.50 bits per heavy atom. The first-order chi connectivity index (χ1) is 9.72. The Morgan fingerprint density at radius 3 is 3.10 bits per heavy atom. The van der Waals surface area contributed by atoms with Gasteiger partial charge < -0.3 is 15.0 Å². The van der Waals surface area contributed by atoms with E-state index < -0.39 is 0 Å². The number of amides is 2. The molecule has 0 bridgehead atoms. The number of hydrogen-bond acceptors (Lipinski definition) is 2. The van der Waals surface area contributed by atoms with Gasteiger partial charge in [0.25, 0.3) is 0 Å². The Balaban J connectivity index is 1.95. The van der Waals surface area contributed by atoms with E-state index in [2.05, 4.69) is 12.2 Å². The van der Waals surface area contributed by atoms with Gasteiger partial charge in [-0.05, 0) is 36.5 Å². The van der Waals surface area contributed by atoms with Crippen molar-refractivity contribution in [3.63, 3.8) is 0 Å². The number of methoxy groups -OCH3 is 1. The topological polar surface area (TPSA) is 41.6 Å². The lowest BCUT2D eigenvalue weighted by Crippen LogP contribution is -2.42. The maximum Gasteiger partial charge on any atom is 0.321 e. The predicted octanol–water partition coefficient (Wildman–Crippen LogP) is 3.49. The number of anilines is 1. The largest absolute Gasteiger partial charge is 0.380 e. The lowest BCUT2D eigenvalue weighted by atomic mass is 9.96. The number of ether oxygens (including phenoxy) is 1. The molecule has 1 aliphatic heterocycles. The summed E-state index contributed by atoms with van der Waals surface area (Å²) in [5.74, 6) is 0.648. The van der Waals surface area contributed by atoms with Crippen molar-refractivity contribution in [2.24, 2.45) is 5.92 Å². The molecule has 20 heavy (non-hydrogen) atoms. The van der Waals surface area contributed by atoms with Gasteiger partial charge in [-0.2, -0.15) is 0 Å². The second-order valence-electron chi connectivity index (χ2n) is 5.43. The Hall–Kier alpha value is -1.55. The van der Waals surface area contributed by atoms with Crippen LogP contribution in [-0.4, -0.2) is 31.1 Å². The molecule has 1 heterocycles. The van der Waals surface area contributed by atoms with Gasteiger partial charge in [-0.1, -0.05) is 25.5 Å². The van der Waals surface area contributed by atoms with E-state index in [9.17, 15) is 4.79 Å². The average Bonchev–Trinajstić information content (AvgIpc) is 2.48. The predicted molar refractivity (Wildman–Crippen MR) is 80.8 cm³/mol. The Bertz CT molecular complexity index is 448. The van der Waals surface area contributed by atoms with Gasteiger partial charge in [0.15, 0.2) is 0 Å². The minimum Gasteiger partial charge on any atom is -0.380 e. The molecule has 1 unspecified atom stereocenters. The first-order valence-electron chi connectivity index (χ1n) is 7.36. The molecule has 0 radical (unpaired) electrons. The number of hydrogen-bond donors (Lipinski definition) is 1. The van der Waals surface area contributed by atoms with E-state index in [-0.39, 0.29) is 6.03 Å². The van der Waals surface area contributed by atoms with Crippen molar-refractivity contribution in [3.8, 4) is 0 Å². The summed E-state index contributed by atoms with van der Waals surface area (Å²) in [6.07, 6.45) is 3.49. The summed E-state index contributed by atoms with van der Waals surface area (Å²) in [5.41, 5.74) is 1.90. The van der Waals surface area contributed by atoms with Crippen molar-refractivity contribution < 1.29 is 9.53 Å². The molecule has 1 aromatic rings. The quantitative estimate of drug-likeness (QED) is 0.914. The van der Waals surface area contributed by atoms with Crippen LogP contribution in [0, 0.1) is 5.92 Å². The third-order valence-electron chi connectivity index (χ3n) is 3.87. The Kier molecular flexibility index (Phi) is 5.41. The van der Waals surface area contributed by atoms with Gasteiger partial charge in [-0.25, -0.2) is 4.79 Å². The zero-order chi connectivity index (χ0) is 14.4. The van der Waals surface area contributed by atoms with Crippen molar-refractivity contribution in [3.05, 3.63) is 29.8 Å². The number of carbonyl (C=O) groups is 1. The lowest BCUT2D eigenvalue weighted by molar-refractivity contribution is 0.176. The summed E-state index contributed by atoms with van der Waals surface area (Å²) < 4.78 is 5.11. The SMILES string of the molecule is CCC1CCCN(C(=O)Nc2cccc(COC)c2)C1. The summed E-state index contributed by atoms with van der Waals surface area (Å²) in [7, 11) is 1.67. The molecule has 0 aromatic heterocycles. The fraction of sp³-hybridized carbons (Fsp3) is 0.562. The third-order valence-corrected chi connectivity index (χ3v) is 3.87. The standard InChI is InChI=1S/C16H24N2O2/c1-3-13-7-5-9-18(11-13)16(19)17-15-8-4-6-14(10-15)12-20-2/h4,6,8,10,13H,3,5,7,9,11-12H2,1-2H3,(H,17,19). The number of piperidine rings is 1. The van der Waals surface area contributed by atoms with Crippen LogP contribution in [0.15, 0.2) is 24.3 Å². The van der Waals surface area contributed by atoms with Gasteiger partial charge in [0.2, 0.25) is 0 Å². The average molecular weight is 276 g/mol. The fourth-order valence-electron chi connectivity index (χ4n) is 2.69. The number of likely N-dealkylation sites (tertiary alicyclic amines) is 1. The molecule has 0 saturated carbocycles. The minimum absolute atomic E-state index is 0.0118. The van der Waals surface area contributed by atoms with Gasteiger partial charge in [-0.15, -0.1) is 0 Å². The molecule has 2 amide bonds. The van der Waals surface area contributed by atoms with Crippen LogP contribution >= 0.6 is 0 Å². The molecule has 110 valence electrons. The molecular weight excluding hydrogens is 252 g/mol. The highest BCUT2D eigenvalue weighted by Gasteiger charge is 2.22. The van der Waals surface area contributed by atoms with E-state index >= 15 is 0 Å². The summed E-state index contributed by atoms with van der Waals surface area (Å²) >= 11 is 0. The molecule has 4 nitrogen and oxygen atoms in total. The highest BCUT2D eigenvalue weighted by Crippen LogP contribution is 2.20. The van der Waals surface area contributed by atoms with Gasteiger partial charge in [0.1, 0.15) is 0 Å². The van der Waals surface area contributed by atoms with Crippen molar-refractivity contribution >= 4 is 11.7 Å². The molecule has 1 atom stereocenters. The van der Waals surface area contributed by atoms with Crippen LogP contribution in [0.25, 0.3) is 0 Å². The summed E-state index contributed by atoms with van der Waals surface area (Å²) in [6.45, 7) is 4.49. The highest BCUT2D eigenvalue weighted by molar-refractivity contribution is 5.89. The van der Waals surface area contributed by atoms with Gasteiger partial charge in [-0.3, -0.25) is 0 Å². The maximum absolute atomic E-state index is 12.3. The molecule has 1 saturated heterocycles. The van der Waals surface area contributed by atoms with Gasteiger partial charge in [0.05, 0.1) is 6.61 Å². The first-order valence-corrected chi connectivity index (χ1v) is 7.36. The van der Waals surface area contributed by atoms with E-state index in [1.807, 2.05) is 29.2 Å². The lowest BCUT2D eigenvalue weighted by Gasteiger charge is -2.32. The Labute approximate surface area is 121 Å². The molecule has 1 aliphatic rings. The zero-order valence-electron chi connectivity index (χ0n) is 12.4. The third kappa shape index (κ3) is 3.97. The number of carbonyl (C=O) groups excluding carboxylic acids is 1. The maximum atomic E-state index is 12.3. The minimum atomic E-state index is 0.0118. The van der Waals surface area contributed by atoms with E-state index in [1.165, 1.54) is 6.42 Å². The van der Waals surface area contributed by atoms with Crippen LogP contribution in [-0.2, 0) is 11.3 Å². The summed E-state index contributed by atoms with van der Waals surface area (Å²) in [4.78, 5) is 14.2. The van der Waals surface area contributed by atoms with Gasteiger partial charge >= 0.3 is 6.03 Å². The van der Waals surface area contributed by atoms with Crippen molar-refractivity contribution in [1.29, 1.82) is 0 Å². The van der Waals surface area contributed by atoms with Crippen LogP contribution in [0.4, 0.5) is 10.5 Å². The smallest absolute Gasteiger partial charge is 0.321 e. The number of rotatable bonds is 4.